The molecule has 28 heavy (non-hydrogen) atoms. The summed E-state index contributed by atoms with van der Waals surface area (Å²) < 4.78 is 19.9. The third kappa shape index (κ3) is 3.71. The predicted octanol–water partition coefficient (Wildman–Crippen LogP) is 3.63. The van der Waals surface area contributed by atoms with Crippen LogP contribution < -0.4 is 4.74 Å². The van der Waals surface area contributed by atoms with Crippen molar-refractivity contribution in [1.82, 2.24) is 14.9 Å². The Morgan fingerprint density at radius 2 is 1.96 bits per heavy atom. The molecule has 0 N–H and O–H groups in total. The van der Waals surface area contributed by atoms with Crippen LogP contribution in [0.4, 0.5) is 4.39 Å². The van der Waals surface area contributed by atoms with E-state index in [1.54, 1.807) is 35.5 Å². The average molecular weight is 377 g/mol. The lowest BCUT2D eigenvalue weighted by molar-refractivity contribution is -0.133. The molecule has 0 spiro atoms. The summed E-state index contributed by atoms with van der Waals surface area (Å²) in [5, 5.41) is 0. The molecular weight excluding hydrogens is 357 g/mol. The SMILES string of the molecule is C[C@H]1COc2ccc(-c3cncnc3)cc2CN1C(=O)Cc1ccccc1F. The molecule has 0 fully saturated rings. The maximum atomic E-state index is 14.0. The number of halogens is 1. The number of hydrogen-bond donors (Lipinski definition) is 0. The van der Waals surface area contributed by atoms with Crippen molar-refractivity contribution in [3.05, 3.63) is 78.1 Å². The van der Waals surface area contributed by atoms with Gasteiger partial charge in [-0.25, -0.2) is 14.4 Å². The average Bonchev–Trinajstić information content (AvgIpc) is 2.89. The lowest BCUT2D eigenvalue weighted by Crippen LogP contribution is -2.40. The number of hydrogen-bond acceptors (Lipinski definition) is 4. The summed E-state index contributed by atoms with van der Waals surface area (Å²) in [4.78, 5) is 22.8. The summed E-state index contributed by atoms with van der Waals surface area (Å²) >= 11 is 0. The summed E-state index contributed by atoms with van der Waals surface area (Å²) in [5.74, 6) is 0.275. The molecule has 3 aromatic rings. The van der Waals surface area contributed by atoms with E-state index in [0.717, 1.165) is 22.4 Å². The van der Waals surface area contributed by atoms with E-state index in [1.807, 2.05) is 25.1 Å². The van der Waals surface area contributed by atoms with Crippen LogP contribution in [-0.4, -0.2) is 33.4 Å². The van der Waals surface area contributed by atoms with Crippen LogP contribution in [-0.2, 0) is 17.8 Å². The molecule has 1 atom stereocenters. The van der Waals surface area contributed by atoms with Gasteiger partial charge >= 0.3 is 0 Å². The van der Waals surface area contributed by atoms with Crippen LogP contribution in [0.15, 0.2) is 61.2 Å². The van der Waals surface area contributed by atoms with Gasteiger partial charge in [-0.1, -0.05) is 24.3 Å². The fourth-order valence-electron chi connectivity index (χ4n) is 3.35. The van der Waals surface area contributed by atoms with Gasteiger partial charge in [-0.2, -0.15) is 0 Å². The van der Waals surface area contributed by atoms with E-state index in [1.165, 1.54) is 12.4 Å². The van der Waals surface area contributed by atoms with Gasteiger partial charge in [0.1, 0.15) is 24.5 Å². The van der Waals surface area contributed by atoms with Crippen LogP contribution in [0.3, 0.4) is 0 Å². The number of fused-ring (bicyclic) bond motifs is 1. The second-order valence-corrected chi connectivity index (χ2v) is 6.90. The zero-order chi connectivity index (χ0) is 19.5. The highest BCUT2D eigenvalue weighted by atomic mass is 19.1. The molecule has 142 valence electrons. The molecule has 5 nitrogen and oxygen atoms in total. The Hall–Kier alpha value is -3.28. The molecule has 0 radical (unpaired) electrons. The van der Waals surface area contributed by atoms with Crippen molar-refractivity contribution in [1.29, 1.82) is 0 Å². The summed E-state index contributed by atoms with van der Waals surface area (Å²) in [5.41, 5.74) is 3.17. The zero-order valence-corrected chi connectivity index (χ0v) is 15.5. The molecule has 2 aromatic carbocycles. The van der Waals surface area contributed by atoms with E-state index in [9.17, 15) is 9.18 Å². The maximum absolute atomic E-state index is 14.0. The lowest BCUT2D eigenvalue weighted by atomic mass is 10.0. The van der Waals surface area contributed by atoms with Gasteiger partial charge in [-0.05, 0) is 36.2 Å². The van der Waals surface area contributed by atoms with Gasteiger partial charge in [0.2, 0.25) is 5.91 Å². The first-order valence-corrected chi connectivity index (χ1v) is 9.16. The second-order valence-electron chi connectivity index (χ2n) is 6.90. The summed E-state index contributed by atoms with van der Waals surface area (Å²) in [7, 11) is 0. The molecule has 2 heterocycles. The highest BCUT2D eigenvalue weighted by Crippen LogP contribution is 2.30. The molecule has 1 aliphatic rings. The first-order chi connectivity index (χ1) is 13.6. The third-order valence-corrected chi connectivity index (χ3v) is 4.93. The molecule has 0 saturated heterocycles. The van der Waals surface area contributed by atoms with Crippen LogP contribution in [0.2, 0.25) is 0 Å². The van der Waals surface area contributed by atoms with Crippen LogP contribution >= 0.6 is 0 Å². The largest absolute Gasteiger partial charge is 0.491 e. The Morgan fingerprint density at radius 1 is 1.18 bits per heavy atom. The molecule has 1 aliphatic heterocycles. The number of rotatable bonds is 3. The van der Waals surface area contributed by atoms with E-state index in [4.69, 9.17) is 4.74 Å². The van der Waals surface area contributed by atoms with Crippen LogP contribution in [0, 0.1) is 5.82 Å². The molecule has 1 aromatic heterocycles. The maximum Gasteiger partial charge on any atom is 0.227 e. The molecular formula is C22H20FN3O2. The molecule has 0 aliphatic carbocycles. The summed E-state index contributed by atoms with van der Waals surface area (Å²) in [6.07, 6.45) is 5.01. The minimum absolute atomic E-state index is 0.0264. The van der Waals surface area contributed by atoms with Crippen molar-refractivity contribution in [3.8, 4) is 16.9 Å². The fourth-order valence-corrected chi connectivity index (χ4v) is 3.35. The van der Waals surface area contributed by atoms with Gasteiger partial charge in [0.25, 0.3) is 0 Å². The normalized spacial score (nSPS) is 16.1. The van der Waals surface area contributed by atoms with Gasteiger partial charge in [0.05, 0.1) is 12.5 Å². The number of carbonyl (C=O) groups is 1. The van der Waals surface area contributed by atoms with Gasteiger partial charge in [0.15, 0.2) is 0 Å². The predicted molar refractivity (Wildman–Crippen MR) is 103 cm³/mol. The van der Waals surface area contributed by atoms with Crippen LogP contribution in [0.5, 0.6) is 5.75 Å². The van der Waals surface area contributed by atoms with Crippen LogP contribution in [0.1, 0.15) is 18.1 Å². The molecule has 0 saturated carbocycles. The summed E-state index contributed by atoms with van der Waals surface area (Å²) in [6, 6.07) is 12.1. The van der Waals surface area contributed by atoms with Crippen molar-refractivity contribution >= 4 is 5.91 Å². The van der Waals surface area contributed by atoms with Crippen molar-refractivity contribution in [2.24, 2.45) is 0 Å². The molecule has 6 heteroatoms. The third-order valence-electron chi connectivity index (χ3n) is 4.93. The Bertz CT molecular complexity index is 994. The lowest BCUT2D eigenvalue weighted by Gasteiger charge is -2.26. The minimum atomic E-state index is -0.360. The molecule has 4 rings (SSSR count). The second kappa shape index (κ2) is 7.76. The molecule has 0 unspecified atom stereocenters. The van der Waals surface area contributed by atoms with E-state index in [-0.39, 0.29) is 24.2 Å². The summed E-state index contributed by atoms with van der Waals surface area (Å²) in [6.45, 7) is 2.74. The molecule has 0 bridgehead atoms. The number of aromatic nitrogens is 2. The molecule has 1 amide bonds. The van der Waals surface area contributed by atoms with Crippen molar-refractivity contribution in [2.75, 3.05) is 6.61 Å². The van der Waals surface area contributed by atoms with E-state index >= 15 is 0 Å². The van der Waals surface area contributed by atoms with Crippen molar-refractivity contribution < 1.29 is 13.9 Å². The van der Waals surface area contributed by atoms with Gasteiger partial charge in [0, 0.05) is 30.1 Å². The van der Waals surface area contributed by atoms with Gasteiger partial charge in [-0.3, -0.25) is 4.79 Å². The number of benzene rings is 2. The Labute approximate surface area is 162 Å². The fraction of sp³-hybridized carbons (Fsp3) is 0.227. The highest BCUT2D eigenvalue weighted by molar-refractivity contribution is 5.79. The Kier molecular flexibility index (Phi) is 5.02. The Morgan fingerprint density at radius 3 is 2.75 bits per heavy atom. The number of amides is 1. The van der Waals surface area contributed by atoms with Gasteiger partial charge < -0.3 is 9.64 Å². The van der Waals surface area contributed by atoms with E-state index in [2.05, 4.69) is 9.97 Å². The first kappa shape index (κ1) is 18.1. The zero-order valence-electron chi connectivity index (χ0n) is 15.5. The van der Waals surface area contributed by atoms with Gasteiger partial charge in [-0.15, -0.1) is 0 Å². The highest BCUT2D eigenvalue weighted by Gasteiger charge is 2.26. The van der Waals surface area contributed by atoms with Crippen LogP contribution in [0.25, 0.3) is 11.1 Å². The number of ether oxygens (including phenoxy) is 1. The minimum Gasteiger partial charge on any atom is -0.491 e. The van der Waals surface area contributed by atoms with Crippen molar-refractivity contribution in [2.45, 2.75) is 25.9 Å². The standard InChI is InChI=1S/C22H20FN3O2/c1-15-13-28-21-7-6-16(19-10-24-14-25-11-19)8-18(21)12-26(15)22(27)9-17-4-2-3-5-20(17)23/h2-8,10-11,14-15H,9,12-13H2,1H3/t15-/m0/s1. The van der Waals surface area contributed by atoms with E-state index < -0.39 is 0 Å². The topological polar surface area (TPSA) is 55.3 Å². The Balaban J connectivity index is 1.61. The number of nitrogens with zero attached hydrogens (tertiary/aromatic N) is 3. The van der Waals surface area contributed by atoms with Crippen molar-refractivity contribution in [3.63, 3.8) is 0 Å². The quantitative estimate of drug-likeness (QED) is 0.699. The number of carbonyl (C=O) groups excluding carboxylic acids is 1. The monoisotopic (exact) mass is 377 g/mol. The first-order valence-electron chi connectivity index (χ1n) is 9.16. The van der Waals surface area contributed by atoms with E-state index in [0.29, 0.717) is 18.7 Å². The smallest absolute Gasteiger partial charge is 0.227 e.